The van der Waals surface area contributed by atoms with Crippen molar-refractivity contribution in [2.45, 2.75) is 40.5 Å². The predicted octanol–water partition coefficient (Wildman–Crippen LogP) is 3.42. The van der Waals surface area contributed by atoms with Crippen molar-refractivity contribution in [2.75, 3.05) is 33.0 Å². The first kappa shape index (κ1) is 23.7. The van der Waals surface area contributed by atoms with Crippen molar-refractivity contribution in [3.8, 4) is 5.75 Å². The van der Waals surface area contributed by atoms with Gasteiger partial charge in [-0.1, -0.05) is 45.9 Å². The number of rotatable bonds is 11. The Morgan fingerprint density at radius 1 is 0.870 bits per heavy atom. The summed E-state index contributed by atoms with van der Waals surface area (Å²) in [5.74, 6) is 0.432. The fourth-order valence-corrected chi connectivity index (χ4v) is 1.41. The lowest BCUT2D eigenvalue weighted by atomic mass is 10.3. The number of para-hydroxylation sites is 1. The minimum absolute atomic E-state index is 0.0229. The highest BCUT2D eigenvalue weighted by molar-refractivity contribution is 5.74. The van der Waals surface area contributed by atoms with E-state index in [1.165, 1.54) is 0 Å². The molecular weight excluding hydrogens is 294 g/mol. The summed E-state index contributed by atoms with van der Waals surface area (Å²) in [6.07, 6.45) is 1.60. The first-order valence-corrected chi connectivity index (χ1v) is 8.40. The molecule has 0 fully saturated rings. The second-order valence-electron chi connectivity index (χ2n) is 4.00. The second-order valence-corrected chi connectivity index (χ2v) is 4.00. The molecule has 2 N–H and O–H groups in total. The van der Waals surface area contributed by atoms with E-state index in [2.05, 4.69) is 0 Å². The van der Waals surface area contributed by atoms with Gasteiger partial charge >= 0.3 is 0 Å². The van der Waals surface area contributed by atoms with Gasteiger partial charge in [0.25, 0.3) is 0 Å². The van der Waals surface area contributed by atoms with Crippen molar-refractivity contribution >= 4 is 5.91 Å². The average Bonchev–Trinajstić information content (AvgIpc) is 2.61. The minimum Gasteiger partial charge on any atom is -0.494 e. The molecule has 5 heteroatoms. The Hall–Kier alpha value is -1.59. The Bertz CT molecular complexity index is 344. The van der Waals surface area contributed by atoms with Crippen LogP contribution in [-0.2, 0) is 14.3 Å². The zero-order valence-corrected chi connectivity index (χ0v) is 15.0. The van der Waals surface area contributed by atoms with Crippen LogP contribution >= 0.6 is 0 Å². The Balaban J connectivity index is 0. The molecule has 1 aromatic carbocycles. The lowest BCUT2D eigenvalue weighted by molar-refractivity contribution is -0.122. The van der Waals surface area contributed by atoms with E-state index in [9.17, 15) is 4.79 Å². The fraction of sp³-hybridized carbons (Fsp3) is 0.611. The topological polar surface area (TPSA) is 70.8 Å². The van der Waals surface area contributed by atoms with Gasteiger partial charge in [0.15, 0.2) is 0 Å². The van der Waals surface area contributed by atoms with Crippen LogP contribution in [0.1, 0.15) is 40.5 Å². The normalized spacial score (nSPS) is 9.04. The molecule has 0 bridgehead atoms. The van der Waals surface area contributed by atoms with Crippen molar-refractivity contribution in [2.24, 2.45) is 5.73 Å². The SMILES string of the molecule is CC.CC.NC(=O)COCCCOCCCOc1ccccc1. The number of hydrogen-bond donors (Lipinski definition) is 1. The minimum atomic E-state index is -0.445. The second kappa shape index (κ2) is 20.4. The maximum atomic E-state index is 10.4. The van der Waals surface area contributed by atoms with E-state index >= 15 is 0 Å². The first-order valence-electron chi connectivity index (χ1n) is 8.40. The summed E-state index contributed by atoms with van der Waals surface area (Å²) in [5, 5.41) is 0. The molecule has 1 rings (SSSR count). The van der Waals surface area contributed by atoms with Crippen LogP contribution in [0.5, 0.6) is 5.75 Å². The van der Waals surface area contributed by atoms with Crippen LogP contribution in [0.15, 0.2) is 30.3 Å². The van der Waals surface area contributed by atoms with Crippen molar-refractivity contribution in [1.29, 1.82) is 0 Å². The lowest BCUT2D eigenvalue weighted by Crippen LogP contribution is -2.18. The maximum Gasteiger partial charge on any atom is 0.243 e. The molecule has 1 amide bonds. The third-order valence-corrected chi connectivity index (χ3v) is 2.27. The van der Waals surface area contributed by atoms with Gasteiger partial charge in [0, 0.05) is 26.2 Å². The van der Waals surface area contributed by atoms with Crippen LogP contribution in [0.2, 0.25) is 0 Å². The highest BCUT2D eigenvalue weighted by atomic mass is 16.5. The summed E-state index contributed by atoms with van der Waals surface area (Å²) in [5.41, 5.74) is 4.93. The molecule has 0 aliphatic rings. The number of nitrogens with two attached hydrogens (primary N) is 1. The van der Waals surface area contributed by atoms with Crippen LogP contribution in [-0.4, -0.2) is 38.9 Å². The number of hydrogen-bond acceptors (Lipinski definition) is 4. The summed E-state index contributed by atoms with van der Waals surface area (Å²) in [4.78, 5) is 10.4. The Labute approximate surface area is 141 Å². The summed E-state index contributed by atoms with van der Waals surface area (Å²) >= 11 is 0. The van der Waals surface area contributed by atoms with E-state index in [4.69, 9.17) is 19.9 Å². The first-order chi connectivity index (χ1) is 11.3. The summed E-state index contributed by atoms with van der Waals surface area (Å²) in [6.45, 7) is 10.4. The van der Waals surface area contributed by atoms with Gasteiger partial charge in [0.1, 0.15) is 12.4 Å². The van der Waals surface area contributed by atoms with Crippen molar-refractivity contribution in [1.82, 2.24) is 0 Å². The molecule has 0 spiro atoms. The van der Waals surface area contributed by atoms with E-state index in [-0.39, 0.29) is 6.61 Å². The molecule has 0 aliphatic heterocycles. The summed E-state index contributed by atoms with van der Waals surface area (Å²) in [7, 11) is 0. The van der Waals surface area contributed by atoms with Gasteiger partial charge in [-0.15, -0.1) is 0 Å². The maximum absolute atomic E-state index is 10.4. The monoisotopic (exact) mass is 327 g/mol. The molecule has 5 nitrogen and oxygen atoms in total. The Kier molecular flexibility index (Phi) is 21.0. The van der Waals surface area contributed by atoms with Gasteiger partial charge in [-0.25, -0.2) is 0 Å². The molecule has 23 heavy (non-hydrogen) atoms. The van der Waals surface area contributed by atoms with Gasteiger partial charge in [-0.05, 0) is 18.6 Å². The molecule has 1 aromatic rings. The van der Waals surface area contributed by atoms with Crippen LogP contribution in [0.3, 0.4) is 0 Å². The number of carbonyl (C=O) groups excluding carboxylic acids is 1. The predicted molar refractivity (Wildman–Crippen MR) is 94.7 cm³/mol. The third kappa shape index (κ3) is 18.4. The van der Waals surface area contributed by atoms with Crippen molar-refractivity contribution < 1.29 is 19.0 Å². The van der Waals surface area contributed by atoms with Crippen molar-refractivity contribution in [3.05, 3.63) is 30.3 Å². The summed E-state index contributed by atoms with van der Waals surface area (Å²) in [6, 6.07) is 9.69. The third-order valence-electron chi connectivity index (χ3n) is 2.27. The lowest BCUT2D eigenvalue weighted by Gasteiger charge is -2.06. The summed E-state index contributed by atoms with van der Waals surface area (Å²) < 4.78 is 15.9. The molecule has 0 atom stereocenters. The zero-order valence-electron chi connectivity index (χ0n) is 15.0. The Morgan fingerprint density at radius 3 is 1.96 bits per heavy atom. The van der Waals surface area contributed by atoms with E-state index in [1.54, 1.807) is 0 Å². The highest BCUT2D eigenvalue weighted by Crippen LogP contribution is 2.08. The average molecular weight is 327 g/mol. The van der Waals surface area contributed by atoms with E-state index < -0.39 is 5.91 Å². The standard InChI is InChI=1S/C14H21NO4.2C2H6/c15-14(16)12-18-10-4-8-17-9-5-11-19-13-6-2-1-3-7-13;2*1-2/h1-3,6-7H,4-5,8-12H2,(H2,15,16);2*1-2H3. The molecule has 0 aliphatic carbocycles. The highest BCUT2D eigenvalue weighted by Gasteiger charge is 1.95. The van der Waals surface area contributed by atoms with Crippen LogP contribution in [0.4, 0.5) is 0 Å². The smallest absolute Gasteiger partial charge is 0.243 e. The number of amides is 1. The Morgan fingerprint density at radius 2 is 1.39 bits per heavy atom. The molecule has 0 aromatic heterocycles. The van der Waals surface area contributed by atoms with Crippen LogP contribution in [0.25, 0.3) is 0 Å². The van der Waals surface area contributed by atoms with Crippen molar-refractivity contribution in [3.63, 3.8) is 0 Å². The molecule has 0 heterocycles. The number of benzene rings is 1. The van der Waals surface area contributed by atoms with Gasteiger partial charge in [-0.3, -0.25) is 4.79 Å². The van der Waals surface area contributed by atoms with Gasteiger partial charge in [0.05, 0.1) is 6.61 Å². The zero-order chi connectivity index (χ0) is 17.8. The van der Waals surface area contributed by atoms with Crippen LogP contribution < -0.4 is 10.5 Å². The van der Waals surface area contributed by atoms with Gasteiger partial charge in [0.2, 0.25) is 5.91 Å². The fourth-order valence-electron chi connectivity index (χ4n) is 1.41. The number of primary amides is 1. The quantitative estimate of drug-likeness (QED) is 0.632. The molecule has 134 valence electrons. The number of ether oxygens (including phenoxy) is 3. The molecule has 0 saturated carbocycles. The largest absolute Gasteiger partial charge is 0.494 e. The van der Waals surface area contributed by atoms with E-state index in [0.29, 0.717) is 26.4 Å². The number of carbonyl (C=O) groups is 1. The molecule has 0 saturated heterocycles. The van der Waals surface area contributed by atoms with Gasteiger partial charge in [-0.2, -0.15) is 0 Å². The molecule has 0 unspecified atom stereocenters. The van der Waals surface area contributed by atoms with Gasteiger partial charge < -0.3 is 19.9 Å². The van der Waals surface area contributed by atoms with E-state index in [1.807, 2.05) is 58.0 Å². The van der Waals surface area contributed by atoms with Crippen LogP contribution in [0, 0.1) is 0 Å². The molecular formula is C18H33NO4. The van der Waals surface area contributed by atoms with E-state index in [0.717, 1.165) is 18.6 Å². The molecule has 0 radical (unpaired) electrons.